The third-order valence-electron chi connectivity index (χ3n) is 3.75. The number of hydrogen-bond acceptors (Lipinski definition) is 4. The first kappa shape index (κ1) is 21.0. The fraction of sp³-hybridized carbons (Fsp3) is 0.263. The Labute approximate surface area is 166 Å². The number of ether oxygens (including phenoxy) is 2. The minimum atomic E-state index is -0.642. The van der Waals surface area contributed by atoms with E-state index in [4.69, 9.17) is 32.7 Å². The summed E-state index contributed by atoms with van der Waals surface area (Å²) in [6.07, 6.45) is -0.156. The molecule has 0 bridgehead atoms. The summed E-state index contributed by atoms with van der Waals surface area (Å²) < 4.78 is 23.4. The van der Waals surface area contributed by atoms with E-state index in [1.54, 1.807) is 31.2 Å². The van der Waals surface area contributed by atoms with Crippen LogP contribution in [0.5, 0.6) is 5.75 Å². The summed E-state index contributed by atoms with van der Waals surface area (Å²) >= 11 is 11.8. The van der Waals surface area contributed by atoms with Crippen molar-refractivity contribution in [1.29, 1.82) is 0 Å². The first-order valence-corrected chi connectivity index (χ1v) is 8.78. The Kier molecular flexibility index (Phi) is 7.45. The van der Waals surface area contributed by atoms with E-state index in [9.17, 15) is 14.0 Å². The lowest BCUT2D eigenvalue weighted by molar-refractivity contribution is -0.148. The molecule has 2 aromatic carbocycles. The van der Waals surface area contributed by atoms with Gasteiger partial charge in [0.1, 0.15) is 0 Å². The zero-order valence-corrected chi connectivity index (χ0v) is 16.2. The molecule has 8 heteroatoms. The van der Waals surface area contributed by atoms with Gasteiger partial charge in [-0.2, -0.15) is 0 Å². The van der Waals surface area contributed by atoms with Crippen molar-refractivity contribution in [3.8, 4) is 5.75 Å². The molecule has 0 fully saturated rings. The molecule has 1 N–H and O–H groups in total. The number of hydrogen-bond donors (Lipinski definition) is 1. The minimum Gasteiger partial charge on any atom is -0.494 e. The number of amides is 1. The molecule has 0 unspecified atom stereocenters. The molecule has 27 heavy (non-hydrogen) atoms. The Hall–Kier alpha value is -2.31. The lowest BCUT2D eigenvalue weighted by atomic mass is 10.1. The quantitative estimate of drug-likeness (QED) is 0.693. The van der Waals surface area contributed by atoms with Crippen molar-refractivity contribution in [3.63, 3.8) is 0 Å². The van der Waals surface area contributed by atoms with E-state index >= 15 is 0 Å². The lowest BCUT2D eigenvalue weighted by Crippen LogP contribution is -2.31. The van der Waals surface area contributed by atoms with Crippen molar-refractivity contribution in [3.05, 3.63) is 63.4 Å². The van der Waals surface area contributed by atoms with Crippen LogP contribution in [-0.2, 0) is 20.7 Å². The van der Waals surface area contributed by atoms with Crippen LogP contribution in [0.2, 0.25) is 10.0 Å². The molecule has 1 atom stereocenters. The molecule has 0 spiro atoms. The second kappa shape index (κ2) is 9.58. The van der Waals surface area contributed by atoms with Crippen molar-refractivity contribution in [2.45, 2.75) is 19.4 Å². The van der Waals surface area contributed by atoms with Gasteiger partial charge in [-0.05, 0) is 42.3 Å². The smallest absolute Gasteiger partial charge is 0.310 e. The highest BCUT2D eigenvalue weighted by Gasteiger charge is 2.14. The monoisotopic (exact) mass is 413 g/mol. The number of rotatable bonds is 7. The Balaban J connectivity index is 1.83. The molecule has 0 aliphatic carbocycles. The molecule has 0 radical (unpaired) electrons. The summed E-state index contributed by atoms with van der Waals surface area (Å²) in [6, 6.07) is 8.84. The highest BCUT2D eigenvalue weighted by atomic mass is 35.5. The summed E-state index contributed by atoms with van der Waals surface area (Å²) in [4.78, 5) is 23.8. The van der Waals surface area contributed by atoms with Gasteiger partial charge in [0.2, 0.25) is 0 Å². The van der Waals surface area contributed by atoms with Gasteiger partial charge < -0.3 is 14.8 Å². The van der Waals surface area contributed by atoms with Gasteiger partial charge in [0, 0.05) is 0 Å². The van der Waals surface area contributed by atoms with Crippen LogP contribution in [0.4, 0.5) is 4.39 Å². The second-order valence-electron chi connectivity index (χ2n) is 5.77. The van der Waals surface area contributed by atoms with Gasteiger partial charge in [0.15, 0.2) is 18.2 Å². The molecule has 0 heterocycles. The van der Waals surface area contributed by atoms with Crippen molar-refractivity contribution >= 4 is 35.1 Å². The molecule has 0 saturated heterocycles. The maximum atomic E-state index is 13.6. The normalized spacial score (nSPS) is 11.6. The van der Waals surface area contributed by atoms with Gasteiger partial charge in [-0.15, -0.1) is 0 Å². The number of halogens is 3. The summed E-state index contributed by atoms with van der Waals surface area (Å²) in [5.41, 5.74) is 1.18. The second-order valence-corrected chi connectivity index (χ2v) is 6.58. The van der Waals surface area contributed by atoms with E-state index in [1.165, 1.54) is 19.2 Å². The molecule has 2 rings (SSSR count). The molecule has 5 nitrogen and oxygen atoms in total. The lowest BCUT2D eigenvalue weighted by Gasteiger charge is -2.15. The third-order valence-corrected chi connectivity index (χ3v) is 4.49. The van der Waals surface area contributed by atoms with Crippen LogP contribution in [-0.4, -0.2) is 25.6 Å². The van der Waals surface area contributed by atoms with Crippen molar-refractivity contribution in [2.24, 2.45) is 0 Å². The van der Waals surface area contributed by atoms with Crippen molar-refractivity contribution in [1.82, 2.24) is 5.32 Å². The number of nitrogens with one attached hydrogen (secondary N) is 1. The third kappa shape index (κ3) is 6.12. The Morgan fingerprint density at radius 1 is 1.15 bits per heavy atom. The van der Waals surface area contributed by atoms with Crippen LogP contribution in [0, 0.1) is 5.82 Å². The van der Waals surface area contributed by atoms with Gasteiger partial charge in [0.25, 0.3) is 5.91 Å². The zero-order chi connectivity index (χ0) is 20.0. The van der Waals surface area contributed by atoms with Crippen molar-refractivity contribution in [2.75, 3.05) is 13.7 Å². The number of methoxy groups -OCH3 is 1. The molecule has 0 saturated carbocycles. The highest BCUT2D eigenvalue weighted by molar-refractivity contribution is 6.42. The number of esters is 1. The van der Waals surface area contributed by atoms with E-state index in [0.717, 1.165) is 5.56 Å². The van der Waals surface area contributed by atoms with Gasteiger partial charge in [-0.1, -0.05) is 35.3 Å². The Bertz CT molecular complexity index is 844. The standard InChI is InChI=1S/C19H18Cl2FNO4/c1-11(13-4-5-14(20)15(21)9-13)23-18(24)10-27-19(25)8-12-3-6-17(26-2)16(22)7-12/h3-7,9,11H,8,10H2,1-2H3,(H,23,24)/t11-/m1/s1. The van der Waals surface area contributed by atoms with Gasteiger partial charge >= 0.3 is 5.97 Å². The molecule has 0 aliphatic heterocycles. The number of carbonyl (C=O) groups excluding carboxylic acids is 2. The molecule has 1 amide bonds. The van der Waals surface area contributed by atoms with Crippen LogP contribution < -0.4 is 10.1 Å². The molecular formula is C19H18Cl2FNO4. The van der Waals surface area contributed by atoms with E-state index < -0.39 is 24.3 Å². The van der Waals surface area contributed by atoms with Crippen molar-refractivity contribution < 1.29 is 23.5 Å². The maximum Gasteiger partial charge on any atom is 0.310 e. The number of carbonyl (C=O) groups is 2. The minimum absolute atomic E-state index is 0.0859. The van der Waals surface area contributed by atoms with E-state index in [1.807, 2.05) is 0 Å². The van der Waals surface area contributed by atoms with Gasteiger partial charge in [0.05, 0.1) is 29.6 Å². The first-order chi connectivity index (χ1) is 12.8. The Morgan fingerprint density at radius 2 is 1.89 bits per heavy atom. The average molecular weight is 414 g/mol. The van der Waals surface area contributed by atoms with Gasteiger partial charge in [-0.3, -0.25) is 9.59 Å². The predicted molar refractivity (Wildman–Crippen MR) is 101 cm³/mol. The topological polar surface area (TPSA) is 64.6 Å². The molecular weight excluding hydrogens is 396 g/mol. The summed E-state index contributed by atoms with van der Waals surface area (Å²) in [7, 11) is 1.35. The van der Waals surface area contributed by atoms with Crippen LogP contribution in [0.3, 0.4) is 0 Å². The summed E-state index contributed by atoms with van der Waals surface area (Å²) in [5, 5.41) is 3.49. The maximum absolute atomic E-state index is 13.6. The van der Waals surface area contributed by atoms with E-state index in [-0.39, 0.29) is 18.2 Å². The van der Waals surface area contributed by atoms with Crippen LogP contribution in [0.1, 0.15) is 24.1 Å². The van der Waals surface area contributed by atoms with Crippen LogP contribution >= 0.6 is 23.2 Å². The predicted octanol–water partition coefficient (Wildman–Crippen LogP) is 4.10. The molecule has 2 aromatic rings. The first-order valence-electron chi connectivity index (χ1n) is 8.02. The van der Waals surface area contributed by atoms with Crippen LogP contribution in [0.25, 0.3) is 0 Å². The Morgan fingerprint density at radius 3 is 2.52 bits per heavy atom. The fourth-order valence-corrected chi connectivity index (χ4v) is 2.64. The molecule has 0 aliphatic rings. The highest BCUT2D eigenvalue weighted by Crippen LogP contribution is 2.25. The number of benzene rings is 2. The SMILES string of the molecule is COc1ccc(CC(=O)OCC(=O)N[C@H](C)c2ccc(Cl)c(Cl)c2)cc1F. The van der Waals surface area contributed by atoms with Crippen LogP contribution in [0.15, 0.2) is 36.4 Å². The summed E-state index contributed by atoms with van der Waals surface area (Å²) in [5.74, 6) is -1.60. The largest absolute Gasteiger partial charge is 0.494 e. The van der Waals surface area contributed by atoms with E-state index in [2.05, 4.69) is 5.32 Å². The summed E-state index contributed by atoms with van der Waals surface area (Å²) in [6.45, 7) is 1.32. The zero-order valence-electron chi connectivity index (χ0n) is 14.7. The molecule has 0 aromatic heterocycles. The van der Waals surface area contributed by atoms with E-state index in [0.29, 0.717) is 15.6 Å². The average Bonchev–Trinajstić information content (AvgIpc) is 2.62. The molecule has 144 valence electrons. The van der Waals surface area contributed by atoms with Gasteiger partial charge in [-0.25, -0.2) is 4.39 Å². The fourth-order valence-electron chi connectivity index (χ4n) is 2.33.